The van der Waals surface area contributed by atoms with Gasteiger partial charge in [-0.25, -0.2) is 0 Å². The summed E-state index contributed by atoms with van der Waals surface area (Å²) in [6, 6.07) is 4.08. The Labute approximate surface area is 79.9 Å². The molecule has 2 heteroatoms. The summed E-state index contributed by atoms with van der Waals surface area (Å²) in [5, 5.41) is 0. The molecule has 0 unspecified atom stereocenters. The van der Waals surface area contributed by atoms with E-state index in [2.05, 4.69) is 26.8 Å². The smallest absolute Gasteiger partial charge is 0.0588 e. The average Bonchev–Trinajstić information content (AvgIpc) is 1.98. The molecule has 1 rings (SSSR count). The predicted molar refractivity (Wildman–Crippen MR) is 58.7 cm³/mol. The van der Waals surface area contributed by atoms with E-state index in [4.69, 9.17) is 11.5 Å². The molecular formula is C11H18N2. The van der Waals surface area contributed by atoms with E-state index in [0.29, 0.717) is 5.69 Å². The van der Waals surface area contributed by atoms with Crippen LogP contribution in [-0.2, 0) is 5.41 Å². The maximum absolute atomic E-state index is 5.94. The van der Waals surface area contributed by atoms with Crippen LogP contribution in [0.3, 0.4) is 0 Å². The van der Waals surface area contributed by atoms with Crippen LogP contribution in [0.5, 0.6) is 0 Å². The lowest BCUT2D eigenvalue weighted by Crippen LogP contribution is -2.15. The summed E-state index contributed by atoms with van der Waals surface area (Å²) in [6.45, 7) is 8.37. The summed E-state index contributed by atoms with van der Waals surface area (Å²) >= 11 is 0. The minimum Gasteiger partial charge on any atom is -0.397 e. The zero-order chi connectivity index (χ0) is 10.2. The van der Waals surface area contributed by atoms with Gasteiger partial charge in [0.25, 0.3) is 0 Å². The van der Waals surface area contributed by atoms with Gasteiger partial charge in [0.2, 0.25) is 0 Å². The van der Waals surface area contributed by atoms with Crippen LogP contribution in [0.2, 0.25) is 0 Å². The summed E-state index contributed by atoms with van der Waals surface area (Å²) in [5.41, 5.74) is 15.5. The van der Waals surface area contributed by atoms with Gasteiger partial charge >= 0.3 is 0 Å². The Kier molecular flexibility index (Phi) is 2.24. The zero-order valence-corrected chi connectivity index (χ0v) is 8.81. The van der Waals surface area contributed by atoms with Crippen molar-refractivity contribution in [1.82, 2.24) is 0 Å². The van der Waals surface area contributed by atoms with Crippen LogP contribution in [0.25, 0.3) is 0 Å². The van der Waals surface area contributed by atoms with E-state index < -0.39 is 0 Å². The van der Waals surface area contributed by atoms with Crippen LogP contribution < -0.4 is 11.5 Å². The van der Waals surface area contributed by atoms with Crippen molar-refractivity contribution in [2.45, 2.75) is 33.1 Å². The zero-order valence-electron chi connectivity index (χ0n) is 8.81. The highest BCUT2D eigenvalue weighted by Gasteiger charge is 2.18. The summed E-state index contributed by atoms with van der Waals surface area (Å²) in [4.78, 5) is 0. The molecule has 0 saturated heterocycles. The average molecular weight is 178 g/mol. The van der Waals surface area contributed by atoms with Crippen molar-refractivity contribution >= 4 is 11.4 Å². The number of nitrogen functional groups attached to an aromatic ring is 2. The van der Waals surface area contributed by atoms with E-state index in [1.54, 1.807) is 0 Å². The third-order valence-electron chi connectivity index (χ3n) is 2.31. The Morgan fingerprint density at radius 2 is 1.54 bits per heavy atom. The van der Waals surface area contributed by atoms with E-state index >= 15 is 0 Å². The van der Waals surface area contributed by atoms with Crippen molar-refractivity contribution < 1.29 is 0 Å². The van der Waals surface area contributed by atoms with Gasteiger partial charge in [0.15, 0.2) is 0 Å². The quantitative estimate of drug-likeness (QED) is 0.599. The topological polar surface area (TPSA) is 52.0 Å². The Hall–Kier alpha value is -1.18. The largest absolute Gasteiger partial charge is 0.397 e. The normalized spacial score (nSPS) is 11.7. The van der Waals surface area contributed by atoms with E-state index in [-0.39, 0.29) is 5.41 Å². The monoisotopic (exact) mass is 178 g/mol. The Bertz CT molecular complexity index is 322. The molecule has 0 heterocycles. The molecule has 0 fully saturated rings. The van der Waals surface area contributed by atoms with Gasteiger partial charge in [0.1, 0.15) is 0 Å². The first kappa shape index (κ1) is 9.90. The summed E-state index contributed by atoms with van der Waals surface area (Å²) < 4.78 is 0. The third kappa shape index (κ3) is 1.77. The Morgan fingerprint density at radius 1 is 1.00 bits per heavy atom. The van der Waals surface area contributed by atoms with Crippen molar-refractivity contribution in [3.8, 4) is 0 Å². The molecule has 0 amide bonds. The first-order valence-corrected chi connectivity index (χ1v) is 4.49. The maximum Gasteiger partial charge on any atom is 0.0588 e. The van der Waals surface area contributed by atoms with Gasteiger partial charge in [0, 0.05) is 0 Å². The molecule has 2 nitrogen and oxygen atoms in total. The van der Waals surface area contributed by atoms with Crippen LogP contribution in [0.15, 0.2) is 12.1 Å². The van der Waals surface area contributed by atoms with E-state index in [0.717, 1.165) is 16.8 Å². The van der Waals surface area contributed by atoms with Crippen molar-refractivity contribution in [1.29, 1.82) is 0 Å². The number of anilines is 2. The fourth-order valence-electron chi connectivity index (χ4n) is 1.40. The Balaban J connectivity index is 3.35. The molecule has 4 N–H and O–H groups in total. The molecule has 13 heavy (non-hydrogen) atoms. The number of hydrogen-bond donors (Lipinski definition) is 2. The molecule has 72 valence electrons. The van der Waals surface area contributed by atoms with Crippen LogP contribution in [0, 0.1) is 6.92 Å². The first-order chi connectivity index (χ1) is 5.84. The SMILES string of the molecule is Cc1ccc(C(C)(C)C)c(N)c1N. The predicted octanol–water partition coefficient (Wildman–Crippen LogP) is 2.46. The molecule has 0 aliphatic heterocycles. The number of benzene rings is 1. The molecule has 1 aromatic carbocycles. The minimum absolute atomic E-state index is 0.0614. The molecule has 0 aromatic heterocycles. The molecule has 0 bridgehead atoms. The minimum atomic E-state index is 0.0614. The lowest BCUT2D eigenvalue weighted by atomic mass is 9.85. The summed E-state index contributed by atoms with van der Waals surface area (Å²) in [6.07, 6.45) is 0. The van der Waals surface area contributed by atoms with E-state index in [1.807, 2.05) is 13.0 Å². The fourth-order valence-corrected chi connectivity index (χ4v) is 1.40. The second kappa shape index (κ2) is 2.95. The van der Waals surface area contributed by atoms with Gasteiger partial charge in [-0.15, -0.1) is 0 Å². The Morgan fingerprint density at radius 3 is 2.00 bits per heavy atom. The standard InChI is InChI=1S/C11H18N2/c1-7-5-6-8(11(2,3)4)10(13)9(7)12/h5-6H,12-13H2,1-4H3. The van der Waals surface area contributed by atoms with Crippen molar-refractivity contribution in [3.05, 3.63) is 23.3 Å². The van der Waals surface area contributed by atoms with Crippen LogP contribution >= 0.6 is 0 Å². The van der Waals surface area contributed by atoms with Gasteiger partial charge < -0.3 is 11.5 Å². The summed E-state index contributed by atoms with van der Waals surface area (Å²) in [5.74, 6) is 0. The molecule has 0 atom stereocenters. The highest BCUT2D eigenvalue weighted by atomic mass is 14.7. The van der Waals surface area contributed by atoms with Gasteiger partial charge in [-0.1, -0.05) is 32.9 Å². The fraction of sp³-hybridized carbons (Fsp3) is 0.455. The first-order valence-electron chi connectivity index (χ1n) is 4.49. The van der Waals surface area contributed by atoms with E-state index in [9.17, 15) is 0 Å². The molecule has 1 aromatic rings. The molecule has 0 saturated carbocycles. The van der Waals surface area contributed by atoms with Gasteiger partial charge in [-0.2, -0.15) is 0 Å². The lowest BCUT2D eigenvalue weighted by Gasteiger charge is -2.22. The second-order valence-corrected chi connectivity index (χ2v) is 4.51. The van der Waals surface area contributed by atoms with E-state index in [1.165, 1.54) is 0 Å². The lowest BCUT2D eigenvalue weighted by molar-refractivity contribution is 0.593. The number of nitrogens with two attached hydrogens (primary N) is 2. The number of hydrogen-bond acceptors (Lipinski definition) is 2. The van der Waals surface area contributed by atoms with Crippen molar-refractivity contribution in [3.63, 3.8) is 0 Å². The highest BCUT2D eigenvalue weighted by Crippen LogP contribution is 2.32. The number of aryl methyl sites for hydroxylation is 1. The second-order valence-electron chi connectivity index (χ2n) is 4.51. The highest BCUT2D eigenvalue weighted by molar-refractivity contribution is 5.72. The molecule has 0 radical (unpaired) electrons. The van der Waals surface area contributed by atoms with Crippen LogP contribution in [0.1, 0.15) is 31.9 Å². The van der Waals surface area contributed by atoms with Gasteiger partial charge in [0.05, 0.1) is 11.4 Å². The molecule has 0 spiro atoms. The van der Waals surface area contributed by atoms with Gasteiger partial charge in [-0.3, -0.25) is 0 Å². The molecular weight excluding hydrogens is 160 g/mol. The van der Waals surface area contributed by atoms with Crippen LogP contribution in [0.4, 0.5) is 11.4 Å². The number of rotatable bonds is 0. The van der Waals surface area contributed by atoms with Gasteiger partial charge in [-0.05, 0) is 23.5 Å². The molecule has 0 aliphatic carbocycles. The van der Waals surface area contributed by atoms with Crippen molar-refractivity contribution in [2.24, 2.45) is 0 Å². The van der Waals surface area contributed by atoms with Crippen LogP contribution in [-0.4, -0.2) is 0 Å². The molecule has 0 aliphatic rings. The van der Waals surface area contributed by atoms with Crippen molar-refractivity contribution in [2.75, 3.05) is 11.5 Å². The third-order valence-corrected chi connectivity index (χ3v) is 2.31. The maximum atomic E-state index is 5.94. The summed E-state index contributed by atoms with van der Waals surface area (Å²) in [7, 11) is 0.